The Kier molecular flexibility index (Phi) is 7.77. The Hall–Kier alpha value is -0.940. The van der Waals surface area contributed by atoms with Crippen LogP contribution in [-0.2, 0) is 11.3 Å². The summed E-state index contributed by atoms with van der Waals surface area (Å²) < 4.78 is 5.20. The van der Waals surface area contributed by atoms with Gasteiger partial charge in [-0.2, -0.15) is 0 Å². The van der Waals surface area contributed by atoms with Crippen LogP contribution < -0.4 is 5.73 Å². The van der Waals surface area contributed by atoms with Gasteiger partial charge >= 0.3 is 0 Å². The first-order valence-corrected chi connectivity index (χ1v) is 7.21. The number of ether oxygens (including phenoxy) is 1. The zero-order valence-corrected chi connectivity index (χ0v) is 13.3. The van der Waals surface area contributed by atoms with Crippen LogP contribution in [0, 0.1) is 0 Å². The minimum absolute atomic E-state index is 0.272. The smallest absolute Gasteiger partial charge is 0.0713 e. The van der Waals surface area contributed by atoms with E-state index in [1.54, 1.807) is 7.11 Å². The molecule has 0 aliphatic carbocycles. The molecule has 0 radical (unpaired) electrons. The van der Waals surface area contributed by atoms with Crippen molar-refractivity contribution in [3.05, 3.63) is 35.4 Å². The fourth-order valence-electron chi connectivity index (χ4n) is 2.42. The SMILES string of the molecule is COCc1cccc(C(CN)N(C)CCCN(C)C)c1. The van der Waals surface area contributed by atoms with E-state index in [-0.39, 0.29) is 6.04 Å². The van der Waals surface area contributed by atoms with E-state index >= 15 is 0 Å². The molecule has 0 spiro atoms. The first-order chi connectivity index (χ1) is 9.58. The van der Waals surface area contributed by atoms with Crippen LogP contribution in [-0.4, -0.2) is 57.7 Å². The molecule has 0 amide bonds. The van der Waals surface area contributed by atoms with E-state index < -0.39 is 0 Å². The van der Waals surface area contributed by atoms with Gasteiger partial charge in [-0.25, -0.2) is 0 Å². The van der Waals surface area contributed by atoms with Crippen LogP contribution >= 0.6 is 0 Å². The number of hydrogen-bond acceptors (Lipinski definition) is 4. The molecule has 0 aliphatic heterocycles. The first kappa shape index (κ1) is 17.1. The molecule has 0 aromatic heterocycles. The molecule has 1 rings (SSSR count). The van der Waals surface area contributed by atoms with Gasteiger partial charge in [0.1, 0.15) is 0 Å². The summed E-state index contributed by atoms with van der Waals surface area (Å²) in [5, 5.41) is 0. The third kappa shape index (κ3) is 5.59. The summed E-state index contributed by atoms with van der Waals surface area (Å²) in [5.41, 5.74) is 8.45. The summed E-state index contributed by atoms with van der Waals surface area (Å²) in [6, 6.07) is 8.80. The first-order valence-electron chi connectivity index (χ1n) is 7.21. The normalized spacial score (nSPS) is 13.2. The molecule has 0 bridgehead atoms. The van der Waals surface area contributed by atoms with Crippen molar-refractivity contribution in [2.24, 2.45) is 5.73 Å². The second kappa shape index (κ2) is 9.08. The van der Waals surface area contributed by atoms with Crippen LogP contribution in [0.15, 0.2) is 24.3 Å². The van der Waals surface area contributed by atoms with Gasteiger partial charge < -0.3 is 15.4 Å². The van der Waals surface area contributed by atoms with E-state index in [2.05, 4.69) is 55.2 Å². The molecular weight excluding hydrogens is 250 g/mol. The molecular formula is C16H29N3O. The highest BCUT2D eigenvalue weighted by molar-refractivity contribution is 5.26. The standard InChI is InChI=1S/C16H29N3O/c1-18(2)9-6-10-19(3)16(12-17)15-8-5-7-14(11-15)13-20-4/h5,7-8,11,16H,6,9-10,12-13,17H2,1-4H3. The quantitative estimate of drug-likeness (QED) is 0.747. The minimum atomic E-state index is 0.272. The van der Waals surface area contributed by atoms with Crippen LogP contribution in [0.3, 0.4) is 0 Å². The maximum atomic E-state index is 5.98. The van der Waals surface area contributed by atoms with E-state index in [1.165, 1.54) is 11.1 Å². The molecule has 1 aromatic carbocycles. The van der Waals surface area contributed by atoms with E-state index in [4.69, 9.17) is 10.5 Å². The molecule has 0 saturated carbocycles. The van der Waals surface area contributed by atoms with Crippen molar-refractivity contribution in [1.82, 2.24) is 9.80 Å². The van der Waals surface area contributed by atoms with Crippen molar-refractivity contribution in [2.75, 3.05) is 47.9 Å². The van der Waals surface area contributed by atoms with Crippen molar-refractivity contribution >= 4 is 0 Å². The maximum Gasteiger partial charge on any atom is 0.0713 e. The van der Waals surface area contributed by atoms with Gasteiger partial charge in [0.2, 0.25) is 0 Å². The van der Waals surface area contributed by atoms with Gasteiger partial charge in [-0.1, -0.05) is 24.3 Å². The zero-order chi connectivity index (χ0) is 15.0. The Labute approximate surface area is 123 Å². The molecule has 4 heteroatoms. The Morgan fingerprint density at radius 3 is 2.55 bits per heavy atom. The monoisotopic (exact) mass is 279 g/mol. The molecule has 20 heavy (non-hydrogen) atoms. The number of benzene rings is 1. The van der Waals surface area contributed by atoms with Crippen LogP contribution in [0.5, 0.6) is 0 Å². The number of hydrogen-bond donors (Lipinski definition) is 1. The third-order valence-corrected chi connectivity index (χ3v) is 3.52. The molecule has 0 fully saturated rings. The van der Waals surface area contributed by atoms with Crippen molar-refractivity contribution in [3.63, 3.8) is 0 Å². The Balaban J connectivity index is 2.66. The predicted molar refractivity (Wildman–Crippen MR) is 84.8 cm³/mol. The highest BCUT2D eigenvalue weighted by Crippen LogP contribution is 2.20. The number of nitrogens with zero attached hydrogens (tertiary/aromatic N) is 2. The van der Waals surface area contributed by atoms with Gasteiger partial charge in [0.05, 0.1) is 6.61 Å². The van der Waals surface area contributed by atoms with Crippen LogP contribution in [0.2, 0.25) is 0 Å². The van der Waals surface area contributed by atoms with Crippen LogP contribution in [0.25, 0.3) is 0 Å². The van der Waals surface area contributed by atoms with E-state index in [9.17, 15) is 0 Å². The van der Waals surface area contributed by atoms with Gasteiger partial charge in [-0.3, -0.25) is 4.90 Å². The topological polar surface area (TPSA) is 41.7 Å². The lowest BCUT2D eigenvalue weighted by molar-refractivity contribution is 0.184. The van der Waals surface area contributed by atoms with Crippen molar-refractivity contribution in [2.45, 2.75) is 19.1 Å². The zero-order valence-electron chi connectivity index (χ0n) is 13.3. The summed E-state index contributed by atoms with van der Waals surface area (Å²) in [6.07, 6.45) is 1.15. The fraction of sp³-hybridized carbons (Fsp3) is 0.625. The average Bonchev–Trinajstić information content (AvgIpc) is 2.40. The minimum Gasteiger partial charge on any atom is -0.380 e. The van der Waals surface area contributed by atoms with Gasteiger partial charge in [0.25, 0.3) is 0 Å². The fourth-order valence-corrected chi connectivity index (χ4v) is 2.42. The van der Waals surface area contributed by atoms with Gasteiger partial charge in [-0.05, 0) is 51.8 Å². The summed E-state index contributed by atoms with van der Waals surface area (Å²) in [6.45, 7) is 3.43. The summed E-state index contributed by atoms with van der Waals surface area (Å²) in [7, 11) is 8.08. The van der Waals surface area contributed by atoms with Crippen LogP contribution in [0.4, 0.5) is 0 Å². The van der Waals surface area contributed by atoms with Gasteiger partial charge in [0, 0.05) is 19.7 Å². The Morgan fingerprint density at radius 1 is 1.20 bits per heavy atom. The predicted octanol–water partition coefficient (Wildman–Crippen LogP) is 1.72. The van der Waals surface area contributed by atoms with Gasteiger partial charge in [-0.15, -0.1) is 0 Å². The number of nitrogens with two attached hydrogens (primary N) is 1. The molecule has 1 atom stereocenters. The molecule has 4 nitrogen and oxygen atoms in total. The summed E-state index contributed by atoms with van der Waals surface area (Å²) in [5.74, 6) is 0. The van der Waals surface area contributed by atoms with E-state index in [1.807, 2.05) is 0 Å². The number of likely N-dealkylation sites (N-methyl/N-ethyl adjacent to an activating group) is 1. The molecule has 0 heterocycles. The second-order valence-corrected chi connectivity index (χ2v) is 5.57. The highest BCUT2D eigenvalue weighted by atomic mass is 16.5. The third-order valence-electron chi connectivity index (χ3n) is 3.52. The molecule has 114 valence electrons. The lowest BCUT2D eigenvalue weighted by atomic mass is 10.0. The van der Waals surface area contributed by atoms with Crippen molar-refractivity contribution in [1.29, 1.82) is 0 Å². The molecule has 0 saturated heterocycles. The largest absolute Gasteiger partial charge is 0.380 e. The molecule has 1 aromatic rings. The Morgan fingerprint density at radius 2 is 1.95 bits per heavy atom. The number of methoxy groups -OCH3 is 1. The Bertz CT molecular complexity index is 382. The summed E-state index contributed by atoms with van der Waals surface area (Å²) >= 11 is 0. The second-order valence-electron chi connectivity index (χ2n) is 5.57. The van der Waals surface area contributed by atoms with Crippen molar-refractivity contribution in [3.8, 4) is 0 Å². The van der Waals surface area contributed by atoms with Gasteiger partial charge in [0.15, 0.2) is 0 Å². The lowest BCUT2D eigenvalue weighted by Crippen LogP contribution is -2.32. The summed E-state index contributed by atoms with van der Waals surface area (Å²) in [4.78, 5) is 4.56. The molecule has 1 unspecified atom stereocenters. The number of rotatable bonds is 9. The van der Waals surface area contributed by atoms with E-state index in [0.29, 0.717) is 13.2 Å². The lowest BCUT2D eigenvalue weighted by Gasteiger charge is -2.28. The molecule has 0 aliphatic rings. The van der Waals surface area contributed by atoms with E-state index in [0.717, 1.165) is 19.5 Å². The highest BCUT2D eigenvalue weighted by Gasteiger charge is 2.15. The average molecular weight is 279 g/mol. The van der Waals surface area contributed by atoms with Crippen molar-refractivity contribution < 1.29 is 4.74 Å². The molecule has 2 N–H and O–H groups in total. The van der Waals surface area contributed by atoms with Crippen LogP contribution in [0.1, 0.15) is 23.6 Å². The maximum absolute atomic E-state index is 5.98.